The fraction of sp³-hybridized carbons (Fsp3) is 0.333. The van der Waals surface area contributed by atoms with Gasteiger partial charge in [-0.1, -0.05) is 62.9 Å². The minimum absolute atomic E-state index is 0.276. The van der Waals surface area contributed by atoms with E-state index in [1.165, 1.54) is 32.1 Å². The van der Waals surface area contributed by atoms with Crippen LogP contribution in [0, 0.1) is 0 Å². The smallest absolute Gasteiger partial charge is 0.115 e. The highest BCUT2D eigenvalue weighted by molar-refractivity contribution is 5.80. The number of phenols is 2. The zero-order valence-corrected chi connectivity index (χ0v) is 13.8. The third kappa shape index (κ3) is 5.48. The lowest BCUT2D eigenvalue weighted by atomic mass is 9.96. The van der Waals surface area contributed by atoms with E-state index in [0.29, 0.717) is 0 Å². The van der Waals surface area contributed by atoms with E-state index in [4.69, 9.17) is 0 Å². The lowest BCUT2D eigenvalue weighted by Gasteiger charge is -2.10. The molecule has 0 radical (unpaired) electrons. The summed E-state index contributed by atoms with van der Waals surface area (Å²) in [5.41, 5.74) is 3.32. The standard InChI is InChI=1S/C21H26O2/c1-2-3-4-5-6-7-8-21(17-9-13-19(22)14-10-17)18-11-15-20(23)16-12-18/h8-16,22-23H,2-7H2,1H3. The average molecular weight is 310 g/mol. The second kappa shape index (κ2) is 9.04. The van der Waals surface area contributed by atoms with Crippen LogP contribution in [-0.4, -0.2) is 10.2 Å². The van der Waals surface area contributed by atoms with Gasteiger partial charge in [-0.2, -0.15) is 0 Å². The van der Waals surface area contributed by atoms with Gasteiger partial charge < -0.3 is 10.2 Å². The van der Waals surface area contributed by atoms with E-state index in [-0.39, 0.29) is 11.5 Å². The van der Waals surface area contributed by atoms with E-state index in [0.717, 1.165) is 23.1 Å². The summed E-state index contributed by atoms with van der Waals surface area (Å²) in [6.07, 6.45) is 9.65. The third-order valence-corrected chi connectivity index (χ3v) is 4.01. The first-order valence-electron chi connectivity index (χ1n) is 8.49. The van der Waals surface area contributed by atoms with Crippen LogP contribution in [0.15, 0.2) is 54.6 Å². The van der Waals surface area contributed by atoms with Gasteiger partial charge in [0.05, 0.1) is 0 Å². The van der Waals surface area contributed by atoms with Crippen LogP contribution >= 0.6 is 0 Å². The number of hydrogen-bond donors (Lipinski definition) is 2. The first kappa shape index (κ1) is 17.1. The maximum absolute atomic E-state index is 9.49. The molecule has 2 aromatic carbocycles. The largest absolute Gasteiger partial charge is 0.508 e. The summed E-state index contributed by atoms with van der Waals surface area (Å²) in [6, 6.07) is 14.6. The molecule has 0 heterocycles. The minimum Gasteiger partial charge on any atom is -0.508 e. The van der Waals surface area contributed by atoms with Crippen molar-refractivity contribution in [3.05, 3.63) is 65.7 Å². The molecule has 0 saturated heterocycles. The highest BCUT2D eigenvalue weighted by atomic mass is 16.3. The monoisotopic (exact) mass is 310 g/mol. The van der Waals surface area contributed by atoms with Gasteiger partial charge in [-0.3, -0.25) is 0 Å². The van der Waals surface area contributed by atoms with Gasteiger partial charge in [0.25, 0.3) is 0 Å². The Bertz CT molecular complexity index is 562. The molecule has 0 amide bonds. The Hall–Kier alpha value is -2.22. The fourth-order valence-electron chi connectivity index (χ4n) is 2.68. The molecule has 2 nitrogen and oxygen atoms in total. The van der Waals surface area contributed by atoms with Crippen molar-refractivity contribution in [3.63, 3.8) is 0 Å². The van der Waals surface area contributed by atoms with Gasteiger partial charge in [0.1, 0.15) is 11.5 Å². The van der Waals surface area contributed by atoms with Crippen molar-refractivity contribution in [2.45, 2.75) is 45.4 Å². The topological polar surface area (TPSA) is 40.5 Å². The summed E-state index contributed by atoms with van der Waals surface area (Å²) in [6.45, 7) is 2.23. The highest BCUT2D eigenvalue weighted by Gasteiger charge is 2.05. The molecule has 0 fully saturated rings. The summed E-state index contributed by atoms with van der Waals surface area (Å²) < 4.78 is 0. The molecule has 23 heavy (non-hydrogen) atoms. The number of allylic oxidation sites excluding steroid dienone is 1. The van der Waals surface area contributed by atoms with Crippen molar-refractivity contribution < 1.29 is 10.2 Å². The minimum atomic E-state index is 0.276. The SMILES string of the molecule is CCCCCCCC=C(c1ccc(O)cc1)c1ccc(O)cc1. The molecule has 0 aliphatic heterocycles. The van der Waals surface area contributed by atoms with Crippen molar-refractivity contribution >= 4 is 5.57 Å². The Balaban J connectivity index is 2.14. The predicted octanol–water partition coefficient (Wildman–Crippen LogP) is 5.89. The molecule has 122 valence electrons. The van der Waals surface area contributed by atoms with Gasteiger partial charge in [-0.15, -0.1) is 0 Å². The van der Waals surface area contributed by atoms with E-state index >= 15 is 0 Å². The summed E-state index contributed by atoms with van der Waals surface area (Å²) in [7, 11) is 0. The van der Waals surface area contributed by atoms with Crippen LogP contribution in [0.1, 0.15) is 56.6 Å². The van der Waals surface area contributed by atoms with Crippen molar-refractivity contribution in [1.29, 1.82) is 0 Å². The maximum Gasteiger partial charge on any atom is 0.115 e. The number of aromatic hydroxyl groups is 2. The van der Waals surface area contributed by atoms with Crippen LogP contribution in [0.2, 0.25) is 0 Å². The Morgan fingerprint density at radius 1 is 0.739 bits per heavy atom. The van der Waals surface area contributed by atoms with Gasteiger partial charge in [0, 0.05) is 0 Å². The molecule has 2 rings (SSSR count). The molecule has 0 atom stereocenters. The van der Waals surface area contributed by atoms with Crippen LogP contribution < -0.4 is 0 Å². The number of phenolic OH excluding ortho intramolecular Hbond substituents is 2. The fourth-order valence-corrected chi connectivity index (χ4v) is 2.68. The maximum atomic E-state index is 9.49. The summed E-state index contributed by atoms with van der Waals surface area (Å²) >= 11 is 0. The predicted molar refractivity (Wildman–Crippen MR) is 96.7 cm³/mol. The van der Waals surface area contributed by atoms with Crippen LogP contribution in [0.3, 0.4) is 0 Å². The van der Waals surface area contributed by atoms with Crippen LogP contribution in [0.25, 0.3) is 5.57 Å². The zero-order valence-electron chi connectivity index (χ0n) is 13.8. The molecular weight excluding hydrogens is 284 g/mol. The van der Waals surface area contributed by atoms with Crippen molar-refractivity contribution in [2.24, 2.45) is 0 Å². The molecule has 0 aromatic heterocycles. The molecular formula is C21H26O2. The second-order valence-electron chi connectivity index (χ2n) is 5.91. The van der Waals surface area contributed by atoms with Crippen LogP contribution in [0.4, 0.5) is 0 Å². The molecule has 0 aliphatic rings. The molecule has 2 heteroatoms. The number of rotatable bonds is 8. The lowest BCUT2D eigenvalue weighted by Crippen LogP contribution is -1.88. The lowest BCUT2D eigenvalue weighted by molar-refractivity contribution is 0.475. The average Bonchev–Trinajstić information content (AvgIpc) is 2.57. The van der Waals surface area contributed by atoms with Gasteiger partial charge in [0.15, 0.2) is 0 Å². The Labute approximate surface area is 139 Å². The van der Waals surface area contributed by atoms with Gasteiger partial charge in [-0.05, 0) is 53.8 Å². The number of hydrogen-bond acceptors (Lipinski definition) is 2. The quantitative estimate of drug-likeness (QED) is 0.597. The van der Waals surface area contributed by atoms with E-state index in [9.17, 15) is 10.2 Å². The molecule has 0 bridgehead atoms. The van der Waals surface area contributed by atoms with E-state index in [2.05, 4.69) is 13.0 Å². The molecule has 2 aromatic rings. The molecule has 0 aliphatic carbocycles. The molecule has 0 spiro atoms. The molecule has 0 unspecified atom stereocenters. The first-order valence-corrected chi connectivity index (χ1v) is 8.49. The Kier molecular flexibility index (Phi) is 6.74. The van der Waals surface area contributed by atoms with E-state index < -0.39 is 0 Å². The van der Waals surface area contributed by atoms with Crippen LogP contribution in [-0.2, 0) is 0 Å². The first-order chi connectivity index (χ1) is 11.2. The third-order valence-electron chi connectivity index (χ3n) is 4.01. The molecule has 0 saturated carbocycles. The Morgan fingerprint density at radius 3 is 1.70 bits per heavy atom. The normalized spacial score (nSPS) is 10.5. The van der Waals surface area contributed by atoms with Gasteiger partial charge in [-0.25, -0.2) is 0 Å². The van der Waals surface area contributed by atoms with Gasteiger partial charge in [0.2, 0.25) is 0 Å². The highest BCUT2D eigenvalue weighted by Crippen LogP contribution is 2.27. The number of benzene rings is 2. The summed E-state index contributed by atoms with van der Waals surface area (Å²) in [5, 5.41) is 19.0. The Morgan fingerprint density at radius 2 is 1.22 bits per heavy atom. The zero-order chi connectivity index (χ0) is 16.5. The summed E-state index contributed by atoms with van der Waals surface area (Å²) in [5.74, 6) is 0.553. The van der Waals surface area contributed by atoms with Crippen LogP contribution in [0.5, 0.6) is 11.5 Å². The van der Waals surface area contributed by atoms with Crippen molar-refractivity contribution in [3.8, 4) is 11.5 Å². The second-order valence-corrected chi connectivity index (χ2v) is 5.91. The van der Waals surface area contributed by atoms with E-state index in [1.54, 1.807) is 24.3 Å². The molecule has 2 N–H and O–H groups in total. The van der Waals surface area contributed by atoms with E-state index in [1.807, 2.05) is 24.3 Å². The van der Waals surface area contributed by atoms with Gasteiger partial charge >= 0.3 is 0 Å². The van der Waals surface area contributed by atoms with Crippen molar-refractivity contribution in [1.82, 2.24) is 0 Å². The summed E-state index contributed by atoms with van der Waals surface area (Å²) in [4.78, 5) is 0. The van der Waals surface area contributed by atoms with Crippen molar-refractivity contribution in [2.75, 3.05) is 0 Å². The number of unbranched alkanes of at least 4 members (excludes halogenated alkanes) is 5.